The van der Waals surface area contributed by atoms with Crippen LogP contribution in [0, 0.1) is 6.92 Å². The number of carbonyl (C=O) groups is 2. The second-order valence-corrected chi connectivity index (χ2v) is 14.9. The average molecular weight is 701 g/mol. The summed E-state index contributed by atoms with van der Waals surface area (Å²) in [5.74, 6) is -0.684. The van der Waals surface area contributed by atoms with Gasteiger partial charge in [0.15, 0.2) is 0 Å². The molecule has 4 rings (SSSR count). The predicted octanol–water partition coefficient (Wildman–Crippen LogP) is 6.32. The van der Waals surface area contributed by atoms with Gasteiger partial charge < -0.3 is 11.1 Å². The van der Waals surface area contributed by atoms with Gasteiger partial charge in [-0.1, -0.05) is 86.1 Å². The van der Waals surface area contributed by atoms with Crippen LogP contribution in [0.3, 0.4) is 0 Å². The standard InChI is InChI=1S/C39H48N4O4S2/c1-4-5-23-43(24-21-30-12-7-6-8-13-30)28-32-17-20-35(36(26-32)34-14-10-9-11-29(34)2)38(44)41-37(22-25-48-3)39(45)42-49(46,47)33-18-15-31(27-40)16-19-33/h6-20,26,37H,4-5,21-25,27-28,40H2,1-3H3,(H,41,44)(H,42,45)/t37-/m0/s1. The summed E-state index contributed by atoms with van der Waals surface area (Å²) in [5, 5.41) is 2.86. The fourth-order valence-corrected chi connectivity index (χ4v) is 7.13. The molecule has 0 radical (unpaired) electrons. The molecule has 4 aromatic rings. The Morgan fingerprint density at radius 2 is 1.55 bits per heavy atom. The molecule has 8 nitrogen and oxygen atoms in total. The molecule has 0 bridgehead atoms. The molecule has 4 N–H and O–H groups in total. The number of nitrogens with zero attached hydrogens (tertiary/aromatic N) is 1. The van der Waals surface area contributed by atoms with Gasteiger partial charge in [-0.2, -0.15) is 11.8 Å². The highest BCUT2D eigenvalue weighted by Gasteiger charge is 2.27. The van der Waals surface area contributed by atoms with Crippen LogP contribution < -0.4 is 15.8 Å². The van der Waals surface area contributed by atoms with Crippen LogP contribution in [-0.2, 0) is 34.3 Å². The number of nitrogens with two attached hydrogens (primary N) is 1. The first-order valence-electron chi connectivity index (χ1n) is 16.8. The monoisotopic (exact) mass is 700 g/mol. The molecule has 0 heterocycles. The van der Waals surface area contributed by atoms with Crippen LogP contribution in [-0.4, -0.2) is 56.3 Å². The van der Waals surface area contributed by atoms with E-state index in [-0.39, 0.29) is 17.9 Å². The molecule has 1 atom stereocenters. The molecule has 0 saturated carbocycles. The zero-order chi connectivity index (χ0) is 35.2. The quantitative estimate of drug-likeness (QED) is 0.111. The number of sulfonamides is 1. The highest BCUT2D eigenvalue weighted by molar-refractivity contribution is 7.98. The van der Waals surface area contributed by atoms with Crippen LogP contribution in [0.5, 0.6) is 0 Å². The van der Waals surface area contributed by atoms with E-state index < -0.39 is 27.9 Å². The number of thioether (sulfide) groups is 1. The van der Waals surface area contributed by atoms with E-state index in [0.717, 1.165) is 66.7 Å². The zero-order valence-electron chi connectivity index (χ0n) is 28.7. The Morgan fingerprint density at radius 1 is 0.857 bits per heavy atom. The number of unbranched alkanes of at least 4 members (excludes halogenated alkanes) is 1. The van der Waals surface area contributed by atoms with Crippen molar-refractivity contribution in [2.75, 3.05) is 25.1 Å². The molecule has 0 aliphatic heterocycles. The van der Waals surface area contributed by atoms with E-state index in [0.29, 0.717) is 11.3 Å². The van der Waals surface area contributed by atoms with Crippen molar-refractivity contribution in [3.63, 3.8) is 0 Å². The minimum absolute atomic E-state index is 0.0535. The third-order valence-electron chi connectivity index (χ3n) is 8.49. The Labute approximate surface area is 295 Å². The molecular formula is C39H48N4O4S2. The molecule has 0 spiro atoms. The van der Waals surface area contributed by atoms with E-state index in [9.17, 15) is 18.0 Å². The van der Waals surface area contributed by atoms with Crippen LogP contribution in [0.25, 0.3) is 11.1 Å². The summed E-state index contributed by atoms with van der Waals surface area (Å²) in [6, 6.07) is 29.2. The van der Waals surface area contributed by atoms with Crippen LogP contribution >= 0.6 is 11.8 Å². The largest absolute Gasteiger partial charge is 0.340 e. The molecule has 0 saturated heterocycles. The van der Waals surface area contributed by atoms with E-state index in [1.807, 2.05) is 55.6 Å². The number of hydrogen-bond acceptors (Lipinski definition) is 7. The van der Waals surface area contributed by atoms with Gasteiger partial charge >= 0.3 is 0 Å². The molecule has 2 amide bonds. The number of aryl methyl sites for hydroxylation is 1. The van der Waals surface area contributed by atoms with Gasteiger partial charge in [0.05, 0.1) is 4.90 Å². The molecule has 10 heteroatoms. The van der Waals surface area contributed by atoms with Gasteiger partial charge in [0.25, 0.3) is 21.8 Å². The second kappa shape index (κ2) is 18.7. The lowest BCUT2D eigenvalue weighted by Crippen LogP contribution is -2.48. The van der Waals surface area contributed by atoms with Gasteiger partial charge in [-0.25, -0.2) is 13.1 Å². The van der Waals surface area contributed by atoms with Crippen LogP contribution in [0.2, 0.25) is 0 Å². The zero-order valence-corrected chi connectivity index (χ0v) is 30.3. The summed E-state index contributed by atoms with van der Waals surface area (Å²) in [6.07, 6.45) is 5.29. The van der Waals surface area contributed by atoms with Crippen molar-refractivity contribution in [3.05, 3.63) is 125 Å². The van der Waals surface area contributed by atoms with Crippen molar-refractivity contribution in [1.29, 1.82) is 0 Å². The summed E-state index contributed by atoms with van der Waals surface area (Å²) in [6.45, 7) is 7.09. The Hall–Kier alpha value is -3.96. The first kappa shape index (κ1) is 37.9. The maximum Gasteiger partial charge on any atom is 0.264 e. The fraction of sp³-hybridized carbons (Fsp3) is 0.333. The Bertz CT molecular complexity index is 1780. The number of amides is 2. The predicted molar refractivity (Wildman–Crippen MR) is 201 cm³/mol. The minimum atomic E-state index is -4.16. The fourth-order valence-electron chi connectivity index (χ4n) is 5.64. The summed E-state index contributed by atoms with van der Waals surface area (Å²) < 4.78 is 28.3. The topological polar surface area (TPSA) is 122 Å². The SMILES string of the molecule is CCCCN(CCc1ccccc1)Cc1ccc(C(=O)N[C@@H](CCSC)C(=O)NS(=O)(=O)c2ccc(CN)cc2)c(-c2ccccc2C)c1. The van der Waals surface area contributed by atoms with E-state index in [1.54, 1.807) is 12.1 Å². The van der Waals surface area contributed by atoms with E-state index in [4.69, 9.17) is 5.73 Å². The lowest BCUT2D eigenvalue weighted by atomic mass is 9.93. The molecule has 0 unspecified atom stereocenters. The van der Waals surface area contributed by atoms with Gasteiger partial charge in [0.1, 0.15) is 6.04 Å². The van der Waals surface area contributed by atoms with Crippen molar-refractivity contribution >= 4 is 33.6 Å². The molecule has 260 valence electrons. The molecule has 0 aromatic heterocycles. The highest BCUT2D eigenvalue weighted by atomic mass is 32.2. The molecule has 0 aliphatic carbocycles. The molecule has 0 aliphatic rings. The van der Waals surface area contributed by atoms with Crippen LogP contribution in [0.4, 0.5) is 0 Å². The minimum Gasteiger partial charge on any atom is -0.340 e. The molecular weight excluding hydrogens is 653 g/mol. The summed E-state index contributed by atoms with van der Waals surface area (Å²) in [4.78, 5) is 29.8. The Balaban J connectivity index is 1.60. The smallest absolute Gasteiger partial charge is 0.264 e. The third kappa shape index (κ3) is 11.0. The van der Waals surface area contributed by atoms with E-state index >= 15 is 0 Å². The van der Waals surface area contributed by atoms with Gasteiger partial charge in [-0.15, -0.1) is 0 Å². The number of hydrogen-bond donors (Lipinski definition) is 3. The van der Waals surface area contributed by atoms with Crippen molar-refractivity contribution in [2.24, 2.45) is 5.73 Å². The van der Waals surface area contributed by atoms with Crippen molar-refractivity contribution < 1.29 is 18.0 Å². The lowest BCUT2D eigenvalue weighted by Gasteiger charge is -2.24. The highest BCUT2D eigenvalue weighted by Crippen LogP contribution is 2.29. The van der Waals surface area contributed by atoms with Crippen LogP contribution in [0.15, 0.2) is 102 Å². The van der Waals surface area contributed by atoms with Crippen LogP contribution in [0.1, 0.15) is 58.8 Å². The second-order valence-electron chi connectivity index (χ2n) is 12.2. The number of benzene rings is 4. The number of rotatable bonds is 18. The number of nitrogens with one attached hydrogen (secondary N) is 2. The molecule has 0 fully saturated rings. The normalized spacial score (nSPS) is 12.1. The van der Waals surface area contributed by atoms with E-state index in [2.05, 4.69) is 52.2 Å². The maximum atomic E-state index is 14.0. The summed E-state index contributed by atoms with van der Waals surface area (Å²) in [5.41, 5.74) is 11.9. The first-order valence-corrected chi connectivity index (χ1v) is 19.6. The van der Waals surface area contributed by atoms with Gasteiger partial charge in [-0.05, 0) is 102 Å². The lowest BCUT2D eigenvalue weighted by molar-refractivity contribution is -0.121. The van der Waals surface area contributed by atoms with Crippen molar-refractivity contribution in [1.82, 2.24) is 14.9 Å². The van der Waals surface area contributed by atoms with Crippen molar-refractivity contribution in [2.45, 2.75) is 63.6 Å². The van der Waals surface area contributed by atoms with Gasteiger partial charge in [-0.3, -0.25) is 14.5 Å². The number of carbonyl (C=O) groups excluding carboxylic acids is 2. The van der Waals surface area contributed by atoms with Crippen molar-refractivity contribution in [3.8, 4) is 11.1 Å². The third-order valence-corrected chi connectivity index (χ3v) is 10.5. The molecule has 4 aromatic carbocycles. The maximum absolute atomic E-state index is 14.0. The van der Waals surface area contributed by atoms with E-state index in [1.165, 1.54) is 29.5 Å². The summed E-state index contributed by atoms with van der Waals surface area (Å²) >= 11 is 1.51. The Kier molecular flexibility index (Phi) is 14.5. The first-order chi connectivity index (χ1) is 23.6. The average Bonchev–Trinajstić information content (AvgIpc) is 3.11. The van der Waals surface area contributed by atoms with Gasteiger partial charge in [0, 0.05) is 25.2 Å². The molecule has 49 heavy (non-hydrogen) atoms. The Morgan fingerprint density at radius 3 is 2.22 bits per heavy atom. The van der Waals surface area contributed by atoms with Gasteiger partial charge in [0.2, 0.25) is 0 Å². The summed E-state index contributed by atoms with van der Waals surface area (Å²) in [7, 11) is -4.16.